The zero-order valence-electron chi connectivity index (χ0n) is 9.26. The number of rotatable bonds is 2. The van der Waals surface area contributed by atoms with E-state index in [1.807, 2.05) is 12.4 Å². The lowest BCUT2D eigenvalue weighted by molar-refractivity contribution is 0.185. The topological polar surface area (TPSA) is 42.1 Å². The first-order chi connectivity index (χ1) is 7.25. The highest BCUT2D eigenvalue weighted by Gasteiger charge is 2.24. The molecule has 1 aliphatic rings. The molecule has 0 spiro atoms. The highest BCUT2D eigenvalue weighted by molar-refractivity contribution is 5.11. The van der Waals surface area contributed by atoms with Crippen LogP contribution in [0.1, 0.15) is 12.0 Å². The minimum Gasteiger partial charge on any atom is -0.327 e. The van der Waals surface area contributed by atoms with Crippen LogP contribution in [0.2, 0.25) is 0 Å². The molecule has 1 aliphatic heterocycles. The first-order valence-electron chi connectivity index (χ1n) is 5.59. The molecule has 2 atom stereocenters. The summed E-state index contributed by atoms with van der Waals surface area (Å²) in [5, 5.41) is 0. The van der Waals surface area contributed by atoms with E-state index in [1.165, 1.54) is 5.56 Å². The van der Waals surface area contributed by atoms with Crippen molar-refractivity contribution in [2.45, 2.75) is 18.9 Å². The van der Waals surface area contributed by atoms with Crippen LogP contribution in [0, 0.1) is 5.92 Å². The van der Waals surface area contributed by atoms with Crippen molar-refractivity contribution in [3.05, 3.63) is 30.1 Å². The minimum absolute atomic E-state index is 0.356. The maximum absolute atomic E-state index is 6.15. The Morgan fingerprint density at radius 1 is 1.47 bits per heavy atom. The summed E-state index contributed by atoms with van der Waals surface area (Å²) in [6.45, 7) is 2.25. The van der Waals surface area contributed by atoms with E-state index in [2.05, 4.69) is 29.1 Å². The highest BCUT2D eigenvalue weighted by atomic mass is 15.1. The molecular formula is C12H19N3. The van der Waals surface area contributed by atoms with Gasteiger partial charge in [-0.05, 0) is 50.0 Å². The molecular weight excluding hydrogens is 186 g/mol. The molecule has 82 valence electrons. The van der Waals surface area contributed by atoms with Gasteiger partial charge in [0.25, 0.3) is 0 Å². The third-order valence-electron chi connectivity index (χ3n) is 3.24. The molecule has 3 heteroatoms. The number of nitrogens with two attached hydrogens (primary N) is 1. The fraction of sp³-hybridized carbons (Fsp3) is 0.583. The Kier molecular flexibility index (Phi) is 3.34. The summed E-state index contributed by atoms with van der Waals surface area (Å²) in [5.41, 5.74) is 7.49. The molecule has 0 aliphatic carbocycles. The summed E-state index contributed by atoms with van der Waals surface area (Å²) in [7, 11) is 2.17. The van der Waals surface area contributed by atoms with Crippen LogP contribution >= 0.6 is 0 Å². The zero-order chi connectivity index (χ0) is 10.7. The first-order valence-corrected chi connectivity index (χ1v) is 5.59. The van der Waals surface area contributed by atoms with Crippen LogP contribution in [0.3, 0.4) is 0 Å². The minimum atomic E-state index is 0.356. The predicted octanol–water partition coefficient (Wildman–Crippen LogP) is 0.903. The number of nitrogens with zero attached hydrogens (tertiary/aromatic N) is 2. The SMILES string of the molecule is CN1CCC(N)C(Cc2ccncc2)C1. The Morgan fingerprint density at radius 2 is 2.20 bits per heavy atom. The Morgan fingerprint density at radius 3 is 2.93 bits per heavy atom. The maximum Gasteiger partial charge on any atom is 0.0270 e. The first kappa shape index (κ1) is 10.6. The van der Waals surface area contributed by atoms with Gasteiger partial charge in [-0.25, -0.2) is 0 Å². The third kappa shape index (κ3) is 2.76. The smallest absolute Gasteiger partial charge is 0.0270 e. The van der Waals surface area contributed by atoms with Crippen LogP contribution < -0.4 is 5.73 Å². The molecule has 1 aromatic rings. The molecule has 2 rings (SSSR count). The van der Waals surface area contributed by atoms with E-state index in [1.54, 1.807) is 0 Å². The van der Waals surface area contributed by atoms with Gasteiger partial charge in [0.05, 0.1) is 0 Å². The van der Waals surface area contributed by atoms with E-state index in [-0.39, 0.29) is 0 Å². The van der Waals surface area contributed by atoms with E-state index in [9.17, 15) is 0 Å². The molecule has 0 radical (unpaired) electrons. The molecule has 0 aromatic carbocycles. The zero-order valence-corrected chi connectivity index (χ0v) is 9.26. The summed E-state index contributed by atoms with van der Waals surface area (Å²) in [5.74, 6) is 0.589. The Balaban J connectivity index is 1.98. The predicted molar refractivity (Wildman–Crippen MR) is 61.5 cm³/mol. The molecule has 1 aromatic heterocycles. The van der Waals surface area contributed by atoms with Gasteiger partial charge < -0.3 is 10.6 Å². The number of hydrogen-bond donors (Lipinski definition) is 1. The van der Waals surface area contributed by atoms with Gasteiger partial charge in [-0.3, -0.25) is 4.98 Å². The van der Waals surface area contributed by atoms with Crippen molar-refractivity contribution < 1.29 is 0 Å². The number of piperidine rings is 1. The standard InChI is InChI=1S/C12H19N3/c1-15-7-4-12(13)11(9-15)8-10-2-5-14-6-3-10/h2-3,5-6,11-12H,4,7-9,13H2,1H3. The molecule has 2 unspecified atom stereocenters. The van der Waals surface area contributed by atoms with Crippen molar-refractivity contribution >= 4 is 0 Å². The van der Waals surface area contributed by atoms with Crippen LogP contribution in [0.4, 0.5) is 0 Å². The fourth-order valence-corrected chi connectivity index (χ4v) is 2.27. The Hall–Kier alpha value is -0.930. The molecule has 0 amide bonds. The average molecular weight is 205 g/mol. The lowest BCUT2D eigenvalue weighted by Gasteiger charge is -2.34. The molecule has 2 heterocycles. The normalized spacial score (nSPS) is 27.9. The van der Waals surface area contributed by atoms with Crippen LogP contribution in [-0.2, 0) is 6.42 Å². The lowest BCUT2D eigenvalue weighted by Crippen LogP contribution is -2.46. The second-order valence-electron chi connectivity index (χ2n) is 4.53. The van der Waals surface area contributed by atoms with E-state index in [0.717, 1.165) is 25.9 Å². The summed E-state index contributed by atoms with van der Waals surface area (Å²) >= 11 is 0. The van der Waals surface area contributed by atoms with Gasteiger partial charge in [0.2, 0.25) is 0 Å². The van der Waals surface area contributed by atoms with Crippen molar-refractivity contribution in [3.8, 4) is 0 Å². The van der Waals surface area contributed by atoms with Gasteiger partial charge in [-0.15, -0.1) is 0 Å². The quantitative estimate of drug-likeness (QED) is 0.780. The monoisotopic (exact) mass is 205 g/mol. The number of likely N-dealkylation sites (tertiary alicyclic amines) is 1. The van der Waals surface area contributed by atoms with E-state index < -0.39 is 0 Å². The molecule has 15 heavy (non-hydrogen) atoms. The van der Waals surface area contributed by atoms with E-state index in [4.69, 9.17) is 5.73 Å². The van der Waals surface area contributed by atoms with Crippen molar-refractivity contribution in [2.75, 3.05) is 20.1 Å². The van der Waals surface area contributed by atoms with Gasteiger partial charge in [-0.1, -0.05) is 0 Å². The number of pyridine rings is 1. The second kappa shape index (κ2) is 4.73. The molecule has 1 fully saturated rings. The fourth-order valence-electron chi connectivity index (χ4n) is 2.27. The van der Waals surface area contributed by atoms with Crippen molar-refractivity contribution in [1.29, 1.82) is 0 Å². The van der Waals surface area contributed by atoms with Gasteiger partial charge in [0.1, 0.15) is 0 Å². The Bertz CT molecular complexity index is 299. The van der Waals surface area contributed by atoms with Gasteiger partial charge >= 0.3 is 0 Å². The van der Waals surface area contributed by atoms with Crippen LogP contribution in [0.25, 0.3) is 0 Å². The lowest BCUT2D eigenvalue weighted by atomic mass is 9.88. The van der Waals surface area contributed by atoms with Crippen molar-refractivity contribution in [2.24, 2.45) is 11.7 Å². The molecule has 0 bridgehead atoms. The molecule has 1 saturated heterocycles. The number of hydrogen-bond acceptors (Lipinski definition) is 3. The molecule has 0 saturated carbocycles. The number of aromatic nitrogens is 1. The van der Waals surface area contributed by atoms with Gasteiger partial charge in [0, 0.05) is 25.0 Å². The molecule has 3 nitrogen and oxygen atoms in total. The largest absolute Gasteiger partial charge is 0.327 e. The summed E-state index contributed by atoms with van der Waals surface area (Å²) in [6, 6.07) is 4.53. The summed E-state index contributed by atoms with van der Waals surface area (Å²) in [6.07, 6.45) is 5.90. The molecule has 2 N–H and O–H groups in total. The van der Waals surface area contributed by atoms with E-state index >= 15 is 0 Å². The maximum atomic E-state index is 6.15. The van der Waals surface area contributed by atoms with Crippen molar-refractivity contribution in [1.82, 2.24) is 9.88 Å². The van der Waals surface area contributed by atoms with Crippen LogP contribution in [0.5, 0.6) is 0 Å². The average Bonchev–Trinajstić information content (AvgIpc) is 2.25. The third-order valence-corrected chi connectivity index (χ3v) is 3.24. The van der Waals surface area contributed by atoms with Crippen molar-refractivity contribution in [3.63, 3.8) is 0 Å². The van der Waals surface area contributed by atoms with Gasteiger partial charge in [0.15, 0.2) is 0 Å². The second-order valence-corrected chi connectivity index (χ2v) is 4.53. The highest BCUT2D eigenvalue weighted by Crippen LogP contribution is 2.18. The van der Waals surface area contributed by atoms with E-state index in [0.29, 0.717) is 12.0 Å². The summed E-state index contributed by atoms with van der Waals surface area (Å²) in [4.78, 5) is 6.40. The Labute approximate surface area is 91.3 Å². The van der Waals surface area contributed by atoms with Crippen LogP contribution in [-0.4, -0.2) is 36.1 Å². The van der Waals surface area contributed by atoms with Gasteiger partial charge in [-0.2, -0.15) is 0 Å². The summed E-state index contributed by atoms with van der Waals surface area (Å²) < 4.78 is 0. The van der Waals surface area contributed by atoms with Crippen LogP contribution in [0.15, 0.2) is 24.5 Å².